The van der Waals surface area contributed by atoms with Gasteiger partial charge in [-0.25, -0.2) is 0 Å². The Bertz CT molecular complexity index is 201. The summed E-state index contributed by atoms with van der Waals surface area (Å²) in [6.45, 7) is 6.77. The van der Waals surface area contributed by atoms with Gasteiger partial charge in [-0.15, -0.1) is 0 Å². The van der Waals surface area contributed by atoms with Gasteiger partial charge >= 0.3 is 0 Å². The zero-order chi connectivity index (χ0) is 8.53. The van der Waals surface area contributed by atoms with E-state index in [1.807, 2.05) is 36.4 Å². The molecule has 0 aliphatic rings. The van der Waals surface area contributed by atoms with Gasteiger partial charge in [-0.1, -0.05) is 49.6 Å². The lowest BCUT2D eigenvalue weighted by atomic mass is 10.2. The highest BCUT2D eigenvalue weighted by Crippen LogP contribution is 1.97. The molecule has 0 saturated carbocycles. The van der Waals surface area contributed by atoms with Gasteiger partial charge in [0.05, 0.1) is 0 Å². The van der Waals surface area contributed by atoms with Gasteiger partial charge in [-0.3, -0.25) is 0 Å². The molecule has 1 aromatic rings. The number of hydrogen-bond donors (Lipinski definition) is 1. The average molecular weight is 147 g/mol. The Kier molecular flexibility index (Phi) is 5.72. The van der Waals surface area contributed by atoms with Crippen LogP contribution in [0.3, 0.4) is 0 Å². The van der Waals surface area contributed by atoms with Crippen LogP contribution in [-0.4, -0.2) is 0 Å². The molecular formula is C10H13N. The van der Waals surface area contributed by atoms with Crippen LogP contribution in [0.5, 0.6) is 0 Å². The maximum Gasteiger partial charge on any atom is -0.0136 e. The average Bonchev–Trinajstić information content (AvgIpc) is 2.08. The van der Waals surface area contributed by atoms with Gasteiger partial charge in [0, 0.05) is 0 Å². The van der Waals surface area contributed by atoms with Gasteiger partial charge < -0.3 is 5.73 Å². The van der Waals surface area contributed by atoms with Crippen LogP contribution in [0.2, 0.25) is 0 Å². The predicted octanol–water partition coefficient (Wildman–Crippen LogP) is 2.42. The van der Waals surface area contributed by atoms with E-state index in [9.17, 15) is 0 Å². The minimum Gasteiger partial charge on any atom is -0.405 e. The van der Waals surface area contributed by atoms with E-state index in [0.717, 1.165) is 0 Å². The Hall–Kier alpha value is -1.50. The molecule has 0 bridgehead atoms. The van der Waals surface area contributed by atoms with Crippen molar-refractivity contribution in [2.75, 3.05) is 0 Å². The highest BCUT2D eigenvalue weighted by atomic mass is 14.5. The van der Waals surface area contributed by atoms with Crippen LogP contribution < -0.4 is 5.73 Å². The summed E-state index contributed by atoms with van der Waals surface area (Å²) in [5, 5.41) is 0. The predicted molar refractivity (Wildman–Crippen MR) is 50.9 cm³/mol. The second-order valence-corrected chi connectivity index (χ2v) is 1.85. The molecule has 0 aliphatic carbocycles. The van der Waals surface area contributed by atoms with Crippen LogP contribution in [0.1, 0.15) is 5.56 Å². The summed E-state index contributed by atoms with van der Waals surface area (Å²) in [5.41, 5.74) is 5.78. The molecule has 0 heterocycles. The summed E-state index contributed by atoms with van der Waals surface area (Å²) in [4.78, 5) is 0. The topological polar surface area (TPSA) is 26.0 Å². The lowest BCUT2D eigenvalue weighted by molar-refractivity contribution is 1.64. The van der Waals surface area contributed by atoms with Crippen molar-refractivity contribution in [1.29, 1.82) is 0 Å². The van der Waals surface area contributed by atoms with Crippen LogP contribution in [0.25, 0.3) is 6.08 Å². The second kappa shape index (κ2) is 6.62. The Labute approximate surface area is 67.9 Å². The molecule has 1 heteroatoms. The third kappa shape index (κ3) is 4.97. The molecule has 0 aromatic heterocycles. The second-order valence-electron chi connectivity index (χ2n) is 1.85. The fraction of sp³-hybridized carbons (Fsp3) is 0. The lowest BCUT2D eigenvalue weighted by Crippen LogP contribution is -1.67. The largest absolute Gasteiger partial charge is 0.405 e. The van der Waals surface area contributed by atoms with Crippen molar-refractivity contribution >= 4 is 6.08 Å². The third-order valence-electron chi connectivity index (χ3n) is 1.04. The molecule has 0 unspecified atom stereocenters. The van der Waals surface area contributed by atoms with Gasteiger partial charge in [0.15, 0.2) is 0 Å². The summed E-state index contributed by atoms with van der Waals surface area (Å²) in [6.07, 6.45) is 3.08. The zero-order valence-corrected chi connectivity index (χ0v) is 6.53. The fourth-order valence-corrected chi connectivity index (χ4v) is 0.589. The smallest absolute Gasteiger partial charge is 0.0136 e. The highest BCUT2D eigenvalue weighted by Gasteiger charge is 1.75. The summed E-state index contributed by atoms with van der Waals surface area (Å²) in [6, 6.07) is 10.0. The van der Waals surface area contributed by atoms with Crippen molar-refractivity contribution in [3.63, 3.8) is 0 Å². The van der Waals surface area contributed by atoms with E-state index in [1.54, 1.807) is 0 Å². The Morgan fingerprint density at radius 3 is 1.82 bits per heavy atom. The molecule has 1 aromatic carbocycles. The molecule has 0 saturated heterocycles. The maximum absolute atomic E-state index is 4.61. The molecule has 0 radical (unpaired) electrons. The summed E-state index contributed by atoms with van der Waals surface area (Å²) in [5.74, 6) is 0. The van der Waals surface area contributed by atoms with Crippen LogP contribution in [0, 0.1) is 0 Å². The fourth-order valence-electron chi connectivity index (χ4n) is 0.589. The molecule has 0 aliphatic heterocycles. The molecule has 0 fully saturated rings. The monoisotopic (exact) mass is 147 g/mol. The van der Waals surface area contributed by atoms with Gasteiger partial charge in [0.2, 0.25) is 0 Å². The lowest BCUT2D eigenvalue weighted by Gasteiger charge is -1.85. The zero-order valence-electron chi connectivity index (χ0n) is 6.53. The van der Waals surface area contributed by atoms with Gasteiger partial charge in [-0.05, 0) is 11.8 Å². The molecule has 1 rings (SSSR count). The summed E-state index contributed by atoms with van der Waals surface area (Å²) in [7, 11) is 0. The van der Waals surface area contributed by atoms with Crippen molar-refractivity contribution in [3.05, 3.63) is 55.3 Å². The van der Waals surface area contributed by atoms with Crippen molar-refractivity contribution in [1.82, 2.24) is 0 Å². The van der Waals surface area contributed by atoms with Crippen LogP contribution in [-0.2, 0) is 0 Å². The Morgan fingerprint density at radius 2 is 1.55 bits per heavy atom. The van der Waals surface area contributed by atoms with Crippen molar-refractivity contribution in [2.45, 2.75) is 0 Å². The van der Waals surface area contributed by atoms with E-state index >= 15 is 0 Å². The molecule has 58 valence electrons. The van der Waals surface area contributed by atoms with Crippen LogP contribution in [0.4, 0.5) is 0 Å². The SMILES string of the molecule is C=CN.C=Cc1ccccc1. The number of hydrogen-bond acceptors (Lipinski definition) is 1. The first-order valence-electron chi connectivity index (χ1n) is 3.35. The summed E-state index contributed by atoms with van der Waals surface area (Å²) < 4.78 is 0. The molecule has 0 amide bonds. The molecule has 0 atom stereocenters. The minimum atomic E-state index is 1.17. The van der Waals surface area contributed by atoms with E-state index in [0.29, 0.717) is 0 Å². The van der Waals surface area contributed by atoms with Crippen LogP contribution in [0.15, 0.2) is 49.7 Å². The number of rotatable bonds is 1. The van der Waals surface area contributed by atoms with E-state index < -0.39 is 0 Å². The van der Waals surface area contributed by atoms with Crippen molar-refractivity contribution in [2.24, 2.45) is 5.73 Å². The third-order valence-corrected chi connectivity index (χ3v) is 1.04. The standard InChI is InChI=1S/C8H8.C2H5N/c1-2-8-6-4-3-5-7-8;1-2-3/h2-7H,1H2;2H,1,3H2. The summed E-state index contributed by atoms with van der Waals surface area (Å²) >= 11 is 0. The van der Waals surface area contributed by atoms with Gasteiger partial charge in [0.1, 0.15) is 0 Å². The quantitative estimate of drug-likeness (QED) is 0.648. The molecule has 11 heavy (non-hydrogen) atoms. The van der Waals surface area contributed by atoms with Crippen molar-refractivity contribution < 1.29 is 0 Å². The molecule has 1 nitrogen and oxygen atoms in total. The van der Waals surface area contributed by atoms with Crippen molar-refractivity contribution in [3.8, 4) is 0 Å². The number of nitrogens with two attached hydrogens (primary N) is 1. The van der Waals surface area contributed by atoms with E-state index in [2.05, 4.69) is 18.9 Å². The van der Waals surface area contributed by atoms with E-state index in [1.165, 1.54) is 11.8 Å². The first-order valence-corrected chi connectivity index (χ1v) is 3.35. The normalized spacial score (nSPS) is 7.27. The first kappa shape index (κ1) is 9.50. The van der Waals surface area contributed by atoms with Gasteiger partial charge in [-0.2, -0.15) is 0 Å². The van der Waals surface area contributed by atoms with E-state index in [-0.39, 0.29) is 0 Å². The van der Waals surface area contributed by atoms with Gasteiger partial charge in [0.25, 0.3) is 0 Å². The first-order chi connectivity index (χ1) is 5.35. The Balaban J connectivity index is 0.000000292. The molecule has 2 N–H and O–H groups in total. The van der Waals surface area contributed by atoms with Crippen LogP contribution >= 0.6 is 0 Å². The minimum absolute atomic E-state index is 1.17. The Morgan fingerprint density at radius 1 is 1.09 bits per heavy atom. The maximum atomic E-state index is 4.61. The highest BCUT2D eigenvalue weighted by molar-refractivity contribution is 5.45. The molecule has 0 spiro atoms. The molecular weight excluding hydrogens is 134 g/mol. The number of benzene rings is 1. The van der Waals surface area contributed by atoms with E-state index in [4.69, 9.17) is 0 Å².